The average Bonchev–Trinajstić information content (AvgIpc) is 3.19. The van der Waals surface area contributed by atoms with Crippen molar-refractivity contribution >= 4 is 31.3 Å². The predicted octanol–water partition coefficient (Wildman–Crippen LogP) is 14.4. The molecule has 0 aliphatic rings. The minimum absolute atomic E-state index is 0.309. The van der Waals surface area contributed by atoms with Crippen LogP contribution in [-0.2, 0) is 13.6 Å². The first-order valence-electron chi connectivity index (χ1n) is 24.6. The van der Waals surface area contributed by atoms with Crippen molar-refractivity contribution in [1.29, 1.82) is 0 Å². The standard InChI is InChI=1S/C47H99N2O5PS2/c1-5-7-9-11-14-20-26-34-46(56-44-32-40-50)36-28-22-16-13-18-24-30-42-53-55(52,48-38-39-49(3)4)54-43-31-25-19-17-23-29-37-47(57-45-33-41-51)35-27-21-15-12-10-8-6-2/h46-47,50-51H,5-45H2,1-4H3,(H,48,52). The van der Waals surface area contributed by atoms with E-state index in [1.807, 2.05) is 14.1 Å². The van der Waals surface area contributed by atoms with Gasteiger partial charge < -0.3 is 15.1 Å². The zero-order chi connectivity index (χ0) is 41.8. The summed E-state index contributed by atoms with van der Waals surface area (Å²) in [7, 11) is 0.743. The highest BCUT2D eigenvalue weighted by Crippen LogP contribution is 2.44. The second-order valence-corrected chi connectivity index (χ2v) is 21.7. The lowest BCUT2D eigenvalue weighted by Crippen LogP contribution is -2.26. The number of unbranched alkanes of at least 4 members (excludes halogenated alkanes) is 23. The molecule has 0 spiro atoms. The second kappa shape index (κ2) is 46.2. The zero-order valence-electron chi connectivity index (χ0n) is 38.5. The predicted molar refractivity (Wildman–Crippen MR) is 256 cm³/mol. The largest absolute Gasteiger partial charge is 0.405 e. The number of hydrogen-bond acceptors (Lipinski definition) is 8. The summed E-state index contributed by atoms with van der Waals surface area (Å²) in [6.07, 6.45) is 41.9. The first-order valence-corrected chi connectivity index (χ1v) is 28.3. The summed E-state index contributed by atoms with van der Waals surface area (Å²) in [5, 5.41) is 23.1. The van der Waals surface area contributed by atoms with Gasteiger partial charge in [0, 0.05) is 36.8 Å². The Morgan fingerprint density at radius 1 is 0.491 bits per heavy atom. The van der Waals surface area contributed by atoms with Gasteiger partial charge in [0.05, 0.1) is 13.2 Å². The average molecular weight is 867 g/mol. The van der Waals surface area contributed by atoms with E-state index in [9.17, 15) is 14.8 Å². The molecule has 0 heterocycles. The molecule has 0 aliphatic heterocycles. The minimum atomic E-state index is -3.30. The number of likely N-dealkylation sites (N-methyl/N-ethyl adjacent to an activating group) is 1. The van der Waals surface area contributed by atoms with Crippen molar-refractivity contribution in [3.8, 4) is 0 Å². The Bertz CT molecular complexity index is 831. The fourth-order valence-corrected chi connectivity index (χ4v) is 11.3. The van der Waals surface area contributed by atoms with Gasteiger partial charge in [-0.25, -0.2) is 9.65 Å². The molecular weight excluding hydrogens is 768 g/mol. The molecule has 0 aromatic carbocycles. The van der Waals surface area contributed by atoms with Crippen LogP contribution in [0.15, 0.2) is 0 Å². The van der Waals surface area contributed by atoms with Gasteiger partial charge in [-0.05, 0) is 77.0 Å². The van der Waals surface area contributed by atoms with Crippen LogP contribution in [-0.4, -0.2) is 90.7 Å². The Hall–Kier alpha value is 0.690. The molecule has 0 aliphatic carbocycles. The van der Waals surface area contributed by atoms with E-state index >= 15 is 0 Å². The first kappa shape index (κ1) is 57.7. The Kier molecular flexibility index (Phi) is 46.8. The lowest BCUT2D eigenvalue weighted by molar-refractivity contribution is 0.188. The first-order chi connectivity index (χ1) is 27.9. The highest BCUT2D eigenvalue weighted by molar-refractivity contribution is 8.00. The van der Waals surface area contributed by atoms with Crippen LogP contribution < -0.4 is 5.09 Å². The molecule has 0 radical (unpaired) electrons. The van der Waals surface area contributed by atoms with E-state index in [1.54, 1.807) is 0 Å². The van der Waals surface area contributed by atoms with Gasteiger partial charge in [-0.15, -0.1) is 0 Å². The van der Waals surface area contributed by atoms with Crippen LogP contribution in [0.2, 0.25) is 0 Å². The second-order valence-electron chi connectivity index (χ2n) is 17.0. The summed E-state index contributed by atoms with van der Waals surface area (Å²) in [4.78, 5) is 2.08. The molecule has 0 rings (SSSR count). The van der Waals surface area contributed by atoms with E-state index < -0.39 is 7.75 Å². The fourth-order valence-electron chi connectivity index (χ4n) is 7.36. The number of rotatable bonds is 49. The molecule has 0 fully saturated rings. The molecule has 0 saturated heterocycles. The third-order valence-corrected chi connectivity index (χ3v) is 15.6. The summed E-state index contributed by atoms with van der Waals surface area (Å²) < 4.78 is 25.4. The van der Waals surface area contributed by atoms with Crippen LogP contribution in [0.25, 0.3) is 0 Å². The Morgan fingerprint density at radius 3 is 1.12 bits per heavy atom. The van der Waals surface area contributed by atoms with Crippen LogP contribution in [0, 0.1) is 0 Å². The van der Waals surface area contributed by atoms with E-state index in [2.05, 4.69) is 47.4 Å². The minimum Gasteiger partial charge on any atom is -0.396 e. The molecule has 0 bridgehead atoms. The zero-order valence-corrected chi connectivity index (χ0v) is 41.0. The molecule has 0 amide bonds. The smallest absolute Gasteiger partial charge is 0.396 e. The molecule has 344 valence electrons. The van der Waals surface area contributed by atoms with Crippen molar-refractivity contribution in [2.24, 2.45) is 0 Å². The van der Waals surface area contributed by atoms with Gasteiger partial charge in [-0.3, -0.25) is 9.05 Å². The van der Waals surface area contributed by atoms with Gasteiger partial charge in [0.2, 0.25) is 0 Å². The molecule has 3 atom stereocenters. The van der Waals surface area contributed by atoms with Gasteiger partial charge >= 0.3 is 7.75 Å². The monoisotopic (exact) mass is 867 g/mol. The van der Waals surface area contributed by atoms with E-state index in [4.69, 9.17) is 9.05 Å². The van der Waals surface area contributed by atoms with Gasteiger partial charge in [-0.1, -0.05) is 174 Å². The van der Waals surface area contributed by atoms with Crippen LogP contribution in [0.4, 0.5) is 0 Å². The number of aliphatic hydroxyl groups is 2. The summed E-state index contributed by atoms with van der Waals surface area (Å²) in [6.45, 7) is 7.53. The number of nitrogens with zero attached hydrogens (tertiary/aromatic N) is 1. The van der Waals surface area contributed by atoms with Crippen molar-refractivity contribution in [2.45, 2.75) is 236 Å². The van der Waals surface area contributed by atoms with E-state index in [1.165, 1.54) is 173 Å². The van der Waals surface area contributed by atoms with E-state index in [-0.39, 0.29) is 0 Å². The van der Waals surface area contributed by atoms with E-state index in [0.29, 0.717) is 33.0 Å². The van der Waals surface area contributed by atoms with Crippen molar-refractivity contribution in [1.82, 2.24) is 9.99 Å². The lowest BCUT2D eigenvalue weighted by atomic mass is 10.0. The molecule has 0 aromatic heterocycles. The highest BCUT2D eigenvalue weighted by Gasteiger charge is 2.24. The van der Waals surface area contributed by atoms with Crippen LogP contribution in [0.3, 0.4) is 0 Å². The summed E-state index contributed by atoms with van der Waals surface area (Å²) in [6, 6.07) is 0. The summed E-state index contributed by atoms with van der Waals surface area (Å²) in [5.74, 6) is 2.18. The van der Waals surface area contributed by atoms with Crippen molar-refractivity contribution in [3.63, 3.8) is 0 Å². The normalized spacial score (nSPS) is 14.1. The third-order valence-electron chi connectivity index (χ3n) is 11.0. The SMILES string of the molecule is CCCCCCCCCC(CCCCCCCCCOP(=O)(NCCN(C)C)OCCCCCCCCC(CCCCCCCCC)SCCCO)SCCCO. The quantitative estimate of drug-likeness (QED) is 0.0408. The molecular formula is C47H99N2O5PS2. The number of thioether (sulfide) groups is 2. The maximum absolute atomic E-state index is 13.6. The maximum Gasteiger partial charge on any atom is 0.405 e. The summed E-state index contributed by atoms with van der Waals surface area (Å²) >= 11 is 4.19. The van der Waals surface area contributed by atoms with Crippen molar-refractivity contribution in [2.75, 3.05) is 65.1 Å². The third kappa shape index (κ3) is 43.1. The Labute approximate surface area is 364 Å². The van der Waals surface area contributed by atoms with Crippen molar-refractivity contribution < 1.29 is 23.8 Å². The van der Waals surface area contributed by atoms with Gasteiger partial charge in [-0.2, -0.15) is 23.5 Å². The molecule has 0 saturated carbocycles. The topological polar surface area (TPSA) is 91.3 Å². The molecule has 10 heteroatoms. The van der Waals surface area contributed by atoms with Gasteiger partial charge in [0.1, 0.15) is 0 Å². The van der Waals surface area contributed by atoms with Crippen LogP contribution in [0.5, 0.6) is 0 Å². The van der Waals surface area contributed by atoms with Gasteiger partial charge in [0.15, 0.2) is 0 Å². The van der Waals surface area contributed by atoms with Crippen LogP contribution in [0.1, 0.15) is 226 Å². The Morgan fingerprint density at radius 2 is 0.807 bits per heavy atom. The highest BCUT2D eigenvalue weighted by atomic mass is 32.2. The molecule has 57 heavy (non-hydrogen) atoms. The fraction of sp³-hybridized carbons (Fsp3) is 1.00. The molecule has 3 N–H and O–H groups in total. The molecule has 7 nitrogen and oxygen atoms in total. The van der Waals surface area contributed by atoms with E-state index in [0.717, 1.165) is 67.1 Å². The lowest BCUT2D eigenvalue weighted by Gasteiger charge is -2.20. The number of nitrogens with one attached hydrogen (secondary N) is 1. The maximum atomic E-state index is 13.6. The Balaban J connectivity index is 4.22. The number of hydrogen-bond donors (Lipinski definition) is 3. The van der Waals surface area contributed by atoms with Crippen molar-refractivity contribution in [3.05, 3.63) is 0 Å². The number of aliphatic hydroxyl groups excluding tert-OH is 2. The molecule has 0 aromatic rings. The molecule has 3 unspecified atom stereocenters. The van der Waals surface area contributed by atoms with Gasteiger partial charge in [0.25, 0.3) is 0 Å². The van der Waals surface area contributed by atoms with Crippen LogP contribution >= 0.6 is 31.3 Å². The summed E-state index contributed by atoms with van der Waals surface area (Å²) in [5.41, 5.74) is 0.